The first kappa shape index (κ1) is 13.9. The van der Waals surface area contributed by atoms with E-state index in [1.54, 1.807) is 6.07 Å². The summed E-state index contributed by atoms with van der Waals surface area (Å²) in [6.45, 7) is 0. The second-order valence-electron chi connectivity index (χ2n) is 4.17. The van der Waals surface area contributed by atoms with Gasteiger partial charge in [0.25, 0.3) is 0 Å². The molecule has 0 aliphatic heterocycles. The summed E-state index contributed by atoms with van der Waals surface area (Å²) >= 11 is 5.65. The molecule has 0 amide bonds. The molecule has 1 unspecified atom stereocenters. The molecule has 5 heteroatoms. The molecule has 0 aromatic heterocycles. The summed E-state index contributed by atoms with van der Waals surface area (Å²) in [5.41, 5.74) is 6.08. The largest absolute Gasteiger partial charge is 0.324 e. The van der Waals surface area contributed by atoms with E-state index in [4.69, 9.17) is 17.3 Å². The quantitative estimate of drug-likeness (QED) is 0.906. The van der Waals surface area contributed by atoms with Crippen LogP contribution < -0.4 is 5.73 Å². The lowest BCUT2D eigenvalue weighted by Gasteiger charge is -2.14. The molecule has 2 N–H and O–H groups in total. The summed E-state index contributed by atoms with van der Waals surface area (Å²) in [7, 11) is 0. The van der Waals surface area contributed by atoms with Crippen molar-refractivity contribution in [2.75, 3.05) is 0 Å². The Morgan fingerprint density at radius 3 is 2.42 bits per heavy atom. The van der Waals surface area contributed by atoms with Crippen LogP contribution in [-0.4, -0.2) is 0 Å². The van der Waals surface area contributed by atoms with Crippen LogP contribution in [0.4, 0.5) is 13.2 Å². The van der Waals surface area contributed by atoms with Gasteiger partial charge in [0.1, 0.15) is 5.82 Å². The lowest BCUT2D eigenvalue weighted by Crippen LogP contribution is -2.16. The van der Waals surface area contributed by atoms with Crippen LogP contribution in [0.15, 0.2) is 36.4 Å². The van der Waals surface area contributed by atoms with E-state index in [0.29, 0.717) is 0 Å². The van der Waals surface area contributed by atoms with Crippen molar-refractivity contribution in [1.82, 2.24) is 0 Å². The van der Waals surface area contributed by atoms with Crippen LogP contribution in [0.2, 0.25) is 5.02 Å². The Morgan fingerprint density at radius 2 is 1.68 bits per heavy atom. The number of hydrogen-bond acceptors (Lipinski definition) is 1. The van der Waals surface area contributed by atoms with Crippen LogP contribution in [0, 0.1) is 17.5 Å². The number of nitrogens with two attached hydrogens (primary N) is 1. The Hall–Kier alpha value is -1.52. The summed E-state index contributed by atoms with van der Waals surface area (Å²) in [5, 5.41) is -0.0237. The highest BCUT2D eigenvalue weighted by Crippen LogP contribution is 2.24. The van der Waals surface area contributed by atoms with E-state index in [1.807, 2.05) is 0 Å². The summed E-state index contributed by atoms with van der Waals surface area (Å²) in [6, 6.07) is 7.41. The van der Waals surface area contributed by atoms with Crippen molar-refractivity contribution in [1.29, 1.82) is 0 Å². The maximum absolute atomic E-state index is 13.7. The molecule has 0 spiro atoms. The third kappa shape index (κ3) is 2.91. The molecule has 1 nitrogen and oxygen atoms in total. The second-order valence-corrected chi connectivity index (χ2v) is 4.57. The molecule has 0 aliphatic rings. The molecule has 0 bridgehead atoms. The molecule has 1 atom stereocenters. The van der Waals surface area contributed by atoms with Crippen molar-refractivity contribution in [2.45, 2.75) is 12.5 Å². The monoisotopic (exact) mass is 285 g/mol. The fourth-order valence-electron chi connectivity index (χ4n) is 1.86. The molecule has 0 fully saturated rings. The Balaban J connectivity index is 2.28. The summed E-state index contributed by atoms with van der Waals surface area (Å²) < 4.78 is 40.4. The molecule has 2 rings (SSSR count). The predicted octanol–water partition coefficient (Wildman–Crippen LogP) is 4.00. The van der Waals surface area contributed by atoms with Crippen molar-refractivity contribution in [3.8, 4) is 0 Å². The molecule has 0 saturated heterocycles. The third-order valence-electron chi connectivity index (χ3n) is 2.85. The van der Waals surface area contributed by atoms with Crippen molar-refractivity contribution in [3.63, 3.8) is 0 Å². The average molecular weight is 286 g/mol. The van der Waals surface area contributed by atoms with Gasteiger partial charge in [0.05, 0.1) is 5.02 Å². The lowest BCUT2D eigenvalue weighted by molar-refractivity contribution is 0.486. The van der Waals surface area contributed by atoms with Gasteiger partial charge in [-0.05, 0) is 24.1 Å². The first-order valence-corrected chi connectivity index (χ1v) is 6.01. The minimum atomic E-state index is -1.00. The predicted molar refractivity (Wildman–Crippen MR) is 68.4 cm³/mol. The molecule has 0 aliphatic carbocycles. The standard InChI is InChI=1S/C14H11ClF3N/c15-10-5-1-3-8(13(10)17)7-12(19)9-4-2-6-11(16)14(9)18/h1-6,12H,7,19H2. The number of rotatable bonds is 3. The minimum absolute atomic E-state index is 0.0133. The van der Waals surface area contributed by atoms with Gasteiger partial charge in [-0.3, -0.25) is 0 Å². The van der Waals surface area contributed by atoms with E-state index >= 15 is 0 Å². The summed E-state index contributed by atoms with van der Waals surface area (Å²) in [5.74, 6) is -2.56. The normalized spacial score (nSPS) is 12.5. The molecular formula is C14H11ClF3N. The van der Waals surface area contributed by atoms with Gasteiger partial charge in [0.15, 0.2) is 11.6 Å². The highest BCUT2D eigenvalue weighted by Gasteiger charge is 2.17. The van der Waals surface area contributed by atoms with Gasteiger partial charge in [0, 0.05) is 11.6 Å². The Bertz CT molecular complexity index is 601. The fourth-order valence-corrected chi connectivity index (χ4v) is 2.05. The molecule has 0 radical (unpaired) electrons. The highest BCUT2D eigenvalue weighted by atomic mass is 35.5. The Kier molecular flexibility index (Phi) is 4.12. The van der Waals surface area contributed by atoms with E-state index in [2.05, 4.69) is 0 Å². The number of hydrogen-bond donors (Lipinski definition) is 1. The zero-order chi connectivity index (χ0) is 14.0. The second kappa shape index (κ2) is 5.63. The molecule has 100 valence electrons. The van der Waals surface area contributed by atoms with Gasteiger partial charge < -0.3 is 5.73 Å². The van der Waals surface area contributed by atoms with Crippen LogP contribution in [0.3, 0.4) is 0 Å². The molecule has 0 heterocycles. The topological polar surface area (TPSA) is 26.0 Å². The van der Waals surface area contributed by atoms with E-state index in [9.17, 15) is 13.2 Å². The van der Waals surface area contributed by atoms with Gasteiger partial charge in [0.2, 0.25) is 0 Å². The van der Waals surface area contributed by atoms with Crippen LogP contribution in [0.1, 0.15) is 17.2 Å². The smallest absolute Gasteiger partial charge is 0.163 e. The molecule has 2 aromatic carbocycles. The lowest BCUT2D eigenvalue weighted by atomic mass is 9.99. The minimum Gasteiger partial charge on any atom is -0.324 e. The van der Waals surface area contributed by atoms with E-state index < -0.39 is 23.5 Å². The molecule has 19 heavy (non-hydrogen) atoms. The summed E-state index contributed by atoms with van der Waals surface area (Å²) in [6.07, 6.45) is 0.0345. The highest BCUT2D eigenvalue weighted by molar-refractivity contribution is 6.30. The zero-order valence-electron chi connectivity index (χ0n) is 9.84. The molecule has 2 aromatic rings. The van der Waals surface area contributed by atoms with Gasteiger partial charge in [-0.15, -0.1) is 0 Å². The average Bonchev–Trinajstić information content (AvgIpc) is 2.38. The summed E-state index contributed by atoms with van der Waals surface area (Å²) in [4.78, 5) is 0. The first-order valence-electron chi connectivity index (χ1n) is 5.63. The number of benzene rings is 2. The molecule has 0 saturated carbocycles. The van der Waals surface area contributed by atoms with Gasteiger partial charge in [-0.25, -0.2) is 13.2 Å². The van der Waals surface area contributed by atoms with E-state index in [0.717, 1.165) is 6.07 Å². The fraction of sp³-hybridized carbons (Fsp3) is 0.143. The van der Waals surface area contributed by atoms with Crippen LogP contribution in [0.5, 0.6) is 0 Å². The van der Waals surface area contributed by atoms with E-state index in [1.165, 1.54) is 24.3 Å². The third-order valence-corrected chi connectivity index (χ3v) is 3.14. The van der Waals surface area contributed by atoms with Crippen molar-refractivity contribution in [2.24, 2.45) is 5.73 Å². The Morgan fingerprint density at radius 1 is 1.00 bits per heavy atom. The zero-order valence-corrected chi connectivity index (χ0v) is 10.6. The van der Waals surface area contributed by atoms with E-state index in [-0.39, 0.29) is 22.6 Å². The number of halogens is 4. The maximum Gasteiger partial charge on any atom is 0.163 e. The van der Waals surface area contributed by atoms with Gasteiger partial charge in [-0.2, -0.15) is 0 Å². The van der Waals surface area contributed by atoms with Gasteiger partial charge >= 0.3 is 0 Å². The SMILES string of the molecule is NC(Cc1cccc(Cl)c1F)c1cccc(F)c1F. The van der Waals surface area contributed by atoms with Crippen LogP contribution >= 0.6 is 11.6 Å². The Labute approximate surface area is 113 Å². The van der Waals surface area contributed by atoms with Gasteiger partial charge in [-0.1, -0.05) is 35.9 Å². The first-order chi connectivity index (χ1) is 9.00. The molecular weight excluding hydrogens is 275 g/mol. The van der Waals surface area contributed by atoms with Crippen LogP contribution in [-0.2, 0) is 6.42 Å². The van der Waals surface area contributed by atoms with Crippen molar-refractivity contribution >= 4 is 11.6 Å². The van der Waals surface area contributed by atoms with Crippen LogP contribution in [0.25, 0.3) is 0 Å². The van der Waals surface area contributed by atoms with Crippen molar-refractivity contribution in [3.05, 3.63) is 70.0 Å². The van der Waals surface area contributed by atoms with Crippen molar-refractivity contribution < 1.29 is 13.2 Å². The maximum atomic E-state index is 13.7.